The first kappa shape index (κ1) is 11.6. The summed E-state index contributed by atoms with van der Waals surface area (Å²) in [4.78, 5) is 10.5. The van der Waals surface area contributed by atoms with Gasteiger partial charge < -0.3 is 10.2 Å². The molecule has 0 aliphatic carbocycles. The molecule has 1 atom stereocenters. The molecule has 0 saturated carbocycles. The van der Waals surface area contributed by atoms with Gasteiger partial charge in [0.25, 0.3) is 0 Å². The standard InChI is InChI=1S/C14H14O3/c15-13(8-9-14(16)17)12-7-3-5-10-4-1-2-6-11(10)12/h1-7,13,15H,8-9H2,(H,16,17). The monoisotopic (exact) mass is 230 g/mol. The third-order valence-electron chi connectivity index (χ3n) is 2.81. The fourth-order valence-electron chi connectivity index (χ4n) is 1.96. The van der Waals surface area contributed by atoms with Crippen molar-refractivity contribution < 1.29 is 15.0 Å². The molecule has 2 rings (SSSR count). The van der Waals surface area contributed by atoms with Crippen molar-refractivity contribution in [1.29, 1.82) is 0 Å². The number of carboxylic acids is 1. The van der Waals surface area contributed by atoms with Gasteiger partial charge in [-0.1, -0.05) is 42.5 Å². The Morgan fingerprint density at radius 1 is 1.12 bits per heavy atom. The SMILES string of the molecule is O=C(O)CCC(O)c1cccc2ccccc12. The van der Waals surface area contributed by atoms with Gasteiger partial charge in [-0.3, -0.25) is 4.79 Å². The van der Waals surface area contributed by atoms with Crippen LogP contribution in [-0.2, 0) is 4.79 Å². The van der Waals surface area contributed by atoms with Crippen molar-refractivity contribution in [2.75, 3.05) is 0 Å². The molecule has 0 saturated heterocycles. The normalized spacial score (nSPS) is 12.5. The van der Waals surface area contributed by atoms with Crippen LogP contribution in [0, 0.1) is 0 Å². The van der Waals surface area contributed by atoms with E-state index in [9.17, 15) is 9.90 Å². The van der Waals surface area contributed by atoms with E-state index in [1.807, 2.05) is 42.5 Å². The van der Waals surface area contributed by atoms with E-state index in [0.717, 1.165) is 16.3 Å². The first-order valence-electron chi connectivity index (χ1n) is 5.56. The number of aliphatic hydroxyl groups excluding tert-OH is 1. The van der Waals surface area contributed by atoms with Crippen LogP contribution in [0.3, 0.4) is 0 Å². The second kappa shape index (κ2) is 4.97. The number of hydrogen-bond donors (Lipinski definition) is 2. The van der Waals surface area contributed by atoms with Gasteiger partial charge in [-0.05, 0) is 22.8 Å². The van der Waals surface area contributed by atoms with Crippen LogP contribution in [0.1, 0.15) is 24.5 Å². The summed E-state index contributed by atoms with van der Waals surface area (Å²) in [5, 5.41) is 20.7. The molecule has 2 aromatic rings. The van der Waals surface area contributed by atoms with Crippen LogP contribution in [0.15, 0.2) is 42.5 Å². The molecule has 1 unspecified atom stereocenters. The average Bonchev–Trinajstić information content (AvgIpc) is 2.35. The highest BCUT2D eigenvalue weighted by molar-refractivity contribution is 5.86. The maximum absolute atomic E-state index is 10.5. The molecular formula is C14H14O3. The van der Waals surface area contributed by atoms with Crippen molar-refractivity contribution in [2.24, 2.45) is 0 Å². The Morgan fingerprint density at radius 3 is 2.59 bits per heavy atom. The van der Waals surface area contributed by atoms with Crippen molar-refractivity contribution in [1.82, 2.24) is 0 Å². The minimum absolute atomic E-state index is 0.0234. The van der Waals surface area contributed by atoms with Crippen molar-refractivity contribution in [2.45, 2.75) is 18.9 Å². The van der Waals surface area contributed by atoms with E-state index >= 15 is 0 Å². The van der Waals surface area contributed by atoms with Crippen molar-refractivity contribution in [3.8, 4) is 0 Å². The predicted molar refractivity (Wildman–Crippen MR) is 65.8 cm³/mol. The molecule has 0 spiro atoms. The van der Waals surface area contributed by atoms with Crippen molar-refractivity contribution in [3.05, 3.63) is 48.0 Å². The second-order valence-corrected chi connectivity index (χ2v) is 4.02. The van der Waals surface area contributed by atoms with Gasteiger partial charge in [-0.2, -0.15) is 0 Å². The van der Waals surface area contributed by atoms with Crippen molar-refractivity contribution in [3.63, 3.8) is 0 Å². The van der Waals surface area contributed by atoms with Crippen LogP contribution < -0.4 is 0 Å². The predicted octanol–water partition coefficient (Wildman–Crippen LogP) is 2.74. The second-order valence-electron chi connectivity index (χ2n) is 4.02. The van der Waals surface area contributed by atoms with E-state index in [4.69, 9.17) is 5.11 Å². The quantitative estimate of drug-likeness (QED) is 0.849. The largest absolute Gasteiger partial charge is 0.481 e. The number of benzene rings is 2. The molecule has 0 radical (unpaired) electrons. The third-order valence-corrected chi connectivity index (χ3v) is 2.81. The summed E-state index contributed by atoms with van der Waals surface area (Å²) in [6.45, 7) is 0. The van der Waals surface area contributed by atoms with E-state index in [1.165, 1.54) is 0 Å². The van der Waals surface area contributed by atoms with Crippen LogP contribution in [0.2, 0.25) is 0 Å². The number of carboxylic acid groups (broad SMARTS) is 1. The number of carbonyl (C=O) groups is 1. The number of fused-ring (bicyclic) bond motifs is 1. The fourth-order valence-corrected chi connectivity index (χ4v) is 1.96. The van der Waals surface area contributed by atoms with Crippen molar-refractivity contribution >= 4 is 16.7 Å². The van der Waals surface area contributed by atoms with Crippen LogP contribution in [0.4, 0.5) is 0 Å². The van der Waals surface area contributed by atoms with E-state index < -0.39 is 12.1 Å². The molecule has 0 amide bonds. The van der Waals surface area contributed by atoms with Gasteiger partial charge in [0.05, 0.1) is 6.10 Å². The van der Waals surface area contributed by atoms with E-state index in [0.29, 0.717) is 0 Å². The number of aliphatic hydroxyl groups is 1. The van der Waals surface area contributed by atoms with E-state index in [-0.39, 0.29) is 12.8 Å². The smallest absolute Gasteiger partial charge is 0.303 e. The minimum Gasteiger partial charge on any atom is -0.481 e. The maximum Gasteiger partial charge on any atom is 0.303 e. The van der Waals surface area contributed by atoms with Gasteiger partial charge in [-0.15, -0.1) is 0 Å². The Hall–Kier alpha value is -1.87. The summed E-state index contributed by atoms with van der Waals surface area (Å²) >= 11 is 0. The molecule has 88 valence electrons. The summed E-state index contributed by atoms with van der Waals surface area (Å²) in [5.41, 5.74) is 0.796. The van der Waals surface area contributed by atoms with Crippen LogP contribution in [-0.4, -0.2) is 16.2 Å². The zero-order valence-electron chi connectivity index (χ0n) is 9.34. The Bertz CT molecular complexity index is 528. The molecule has 0 heterocycles. The molecule has 0 aliphatic heterocycles. The highest BCUT2D eigenvalue weighted by Crippen LogP contribution is 2.26. The van der Waals surface area contributed by atoms with Gasteiger partial charge in [-0.25, -0.2) is 0 Å². The van der Waals surface area contributed by atoms with Crippen LogP contribution in [0.5, 0.6) is 0 Å². The lowest BCUT2D eigenvalue weighted by Gasteiger charge is -2.12. The minimum atomic E-state index is -0.885. The lowest BCUT2D eigenvalue weighted by molar-refractivity contribution is -0.137. The van der Waals surface area contributed by atoms with E-state index in [2.05, 4.69) is 0 Å². The lowest BCUT2D eigenvalue weighted by Crippen LogP contribution is -2.03. The lowest BCUT2D eigenvalue weighted by atomic mass is 9.98. The molecule has 2 N–H and O–H groups in total. The summed E-state index contributed by atoms with van der Waals surface area (Å²) < 4.78 is 0. The molecule has 2 aromatic carbocycles. The summed E-state index contributed by atoms with van der Waals surface area (Å²) in [7, 11) is 0. The topological polar surface area (TPSA) is 57.5 Å². The first-order chi connectivity index (χ1) is 8.18. The molecule has 0 bridgehead atoms. The molecule has 3 heteroatoms. The van der Waals surface area contributed by atoms with Crippen LogP contribution in [0.25, 0.3) is 10.8 Å². The van der Waals surface area contributed by atoms with Gasteiger partial charge >= 0.3 is 5.97 Å². The average molecular weight is 230 g/mol. The van der Waals surface area contributed by atoms with Gasteiger partial charge in [0.15, 0.2) is 0 Å². The summed E-state index contributed by atoms with van der Waals surface area (Å²) in [6.07, 6.45) is -0.509. The molecule has 0 aromatic heterocycles. The van der Waals surface area contributed by atoms with Gasteiger partial charge in [0, 0.05) is 6.42 Å². The molecule has 0 aliphatic rings. The van der Waals surface area contributed by atoms with Gasteiger partial charge in [0.1, 0.15) is 0 Å². The number of hydrogen-bond acceptors (Lipinski definition) is 2. The molecule has 0 fully saturated rings. The first-order valence-corrected chi connectivity index (χ1v) is 5.56. The Labute approximate surface area is 99.3 Å². The third kappa shape index (κ3) is 2.63. The number of rotatable bonds is 4. The fraction of sp³-hybridized carbons (Fsp3) is 0.214. The Balaban J connectivity index is 2.31. The number of aliphatic carboxylic acids is 1. The molecule has 17 heavy (non-hydrogen) atoms. The van der Waals surface area contributed by atoms with Crippen LogP contribution >= 0.6 is 0 Å². The maximum atomic E-state index is 10.5. The molecule has 3 nitrogen and oxygen atoms in total. The zero-order valence-corrected chi connectivity index (χ0v) is 9.34. The Morgan fingerprint density at radius 2 is 1.82 bits per heavy atom. The molecular weight excluding hydrogens is 216 g/mol. The summed E-state index contributed by atoms with van der Waals surface area (Å²) in [5.74, 6) is -0.885. The summed E-state index contributed by atoms with van der Waals surface area (Å²) in [6, 6.07) is 13.5. The van der Waals surface area contributed by atoms with E-state index in [1.54, 1.807) is 0 Å². The zero-order chi connectivity index (χ0) is 12.3. The highest BCUT2D eigenvalue weighted by atomic mass is 16.4. The van der Waals surface area contributed by atoms with Gasteiger partial charge in [0.2, 0.25) is 0 Å². The highest BCUT2D eigenvalue weighted by Gasteiger charge is 2.12. The Kier molecular flexibility index (Phi) is 3.40.